The van der Waals surface area contributed by atoms with Gasteiger partial charge in [-0.05, 0) is 12.1 Å². The molecule has 1 rings (SSSR count). The van der Waals surface area contributed by atoms with Crippen molar-refractivity contribution in [2.24, 2.45) is 0 Å². The highest BCUT2D eigenvalue weighted by Gasteiger charge is 2.32. The first-order valence-electron chi connectivity index (χ1n) is 4.96. The molecular formula is C10H12ClF3N2O. The first-order chi connectivity index (χ1) is 8.04. The highest BCUT2D eigenvalue weighted by molar-refractivity contribution is 6.17. The van der Waals surface area contributed by atoms with Crippen molar-refractivity contribution in [2.45, 2.75) is 6.18 Å². The second-order valence-electron chi connectivity index (χ2n) is 3.13. The molecule has 7 heteroatoms. The maximum atomic E-state index is 12.3. The first kappa shape index (κ1) is 14.1. The molecule has 0 saturated heterocycles. The summed E-state index contributed by atoms with van der Waals surface area (Å²) < 4.78 is 42.0. The van der Waals surface area contributed by atoms with E-state index in [0.29, 0.717) is 25.6 Å². The number of aromatic nitrogens is 1. The van der Waals surface area contributed by atoms with Crippen LogP contribution in [0.3, 0.4) is 0 Å². The summed E-state index contributed by atoms with van der Waals surface area (Å²) in [7, 11) is 0. The van der Waals surface area contributed by atoms with Gasteiger partial charge in [0.25, 0.3) is 0 Å². The van der Waals surface area contributed by atoms with E-state index in [2.05, 4.69) is 10.3 Å². The topological polar surface area (TPSA) is 34.1 Å². The van der Waals surface area contributed by atoms with Crippen LogP contribution in [0.1, 0.15) is 5.69 Å². The molecule has 1 N–H and O–H groups in total. The summed E-state index contributed by atoms with van der Waals surface area (Å²) in [6, 6.07) is 3.70. The fourth-order valence-electron chi connectivity index (χ4n) is 1.10. The minimum atomic E-state index is -4.42. The van der Waals surface area contributed by atoms with Gasteiger partial charge >= 0.3 is 6.18 Å². The molecule has 0 amide bonds. The molecule has 0 aliphatic heterocycles. The first-order valence-corrected chi connectivity index (χ1v) is 5.49. The molecule has 0 bridgehead atoms. The minimum absolute atomic E-state index is 0.175. The van der Waals surface area contributed by atoms with E-state index < -0.39 is 11.9 Å². The molecule has 1 aromatic rings. The lowest BCUT2D eigenvalue weighted by molar-refractivity contribution is -0.141. The molecule has 0 radical (unpaired) electrons. The van der Waals surface area contributed by atoms with Crippen LogP contribution in [0.5, 0.6) is 0 Å². The van der Waals surface area contributed by atoms with E-state index in [4.69, 9.17) is 16.3 Å². The van der Waals surface area contributed by atoms with Crippen molar-refractivity contribution in [1.29, 1.82) is 0 Å². The molecule has 0 saturated carbocycles. The standard InChI is InChI=1S/C10H12ClF3N2O/c11-4-6-17-7-5-15-9-3-1-2-8(16-9)10(12,13)14/h1-3H,4-7H2,(H,15,16). The van der Waals surface area contributed by atoms with Crippen LogP contribution in [0.2, 0.25) is 0 Å². The predicted octanol–water partition coefficient (Wildman–Crippen LogP) is 2.77. The van der Waals surface area contributed by atoms with Crippen molar-refractivity contribution < 1.29 is 17.9 Å². The Morgan fingerprint density at radius 2 is 2.06 bits per heavy atom. The maximum absolute atomic E-state index is 12.3. The van der Waals surface area contributed by atoms with Gasteiger partial charge in [0.2, 0.25) is 0 Å². The van der Waals surface area contributed by atoms with Crippen LogP contribution in [0, 0.1) is 0 Å². The Bertz CT molecular complexity index is 347. The Morgan fingerprint density at radius 1 is 1.29 bits per heavy atom. The van der Waals surface area contributed by atoms with Gasteiger partial charge < -0.3 is 10.1 Å². The van der Waals surface area contributed by atoms with Crippen molar-refractivity contribution >= 4 is 17.4 Å². The molecule has 3 nitrogen and oxygen atoms in total. The van der Waals surface area contributed by atoms with Crippen LogP contribution in [0.4, 0.5) is 19.0 Å². The average molecular weight is 269 g/mol. The second-order valence-corrected chi connectivity index (χ2v) is 3.51. The third-order valence-corrected chi connectivity index (χ3v) is 1.97. The lowest BCUT2D eigenvalue weighted by Crippen LogP contribution is -2.13. The largest absolute Gasteiger partial charge is 0.433 e. The summed E-state index contributed by atoms with van der Waals surface area (Å²) in [6.45, 7) is 1.16. The molecule has 0 unspecified atom stereocenters. The van der Waals surface area contributed by atoms with Gasteiger partial charge in [-0.1, -0.05) is 6.07 Å². The zero-order chi connectivity index (χ0) is 12.7. The number of halogens is 4. The Morgan fingerprint density at radius 3 is 2.71 bits per heavy atom. The molecule has 0 aliphatic carbocycles. The van der Waals surface area contributed by atoms with Crippen LogP contribution in [-0.2, 0) is 10.9 Å². The number of ether oxygens (including phenoxy) is 1. The number of nitrogens with one attached hydrogen (secondary N) is 1. The SMILES string of the molecule is FC(F)(F)c1cccc(NCCOCCCl)n1. The van der Waals surface area contributed by atoms with Crippen LogP contribution in [0.25, 0.3) is 0 Å². The van der Waals surface area contributed by atoms with Gasteiger partial charge in [-0.25, -0.2) is 4.98 Å². The smallest absolute Gasteiger partial charge is 0.378 e. The molecule has 17 heavy (non-hydrogen) atoms. The highest BCUT2D eigenvalue weighted by Crippen LogP contribution is 2.27. The number of hydrogen-bond donors (Lipinski definition) is 1. The van der Waals surface area contributed by atoms with E-state index in [1.807, 2.05) is 0 Å². The molecule has 1 heterocycles. The third-order valence-electron chi connectivity index (χ3n) is 1.81. The monoisotopic (exact) mass is 268 g/mol. The molecule has 0 aliphatic rings. The Balaban J connectivity index is 2.44. The molecule has 0 fully saturated rings. The number of pyridine rings is 1. The lowest BCUT2D eigenvalue weighted by atomic mass is 10.3. The lowest BCUT2D eigenvalue weighted by Gasteiger charge is -2.09. The summed E-state index contributed by atoms with van der Waals surface area (Å²) in [4.78, 5) is 3.44. The molecule has 1 aromatic heterocycles. The summed E-state index contributed by atoms with van der Waals surface area (Å²) in [5.74, 6) is 0.566. The van der Waals surface area contributed by atoms with Crippen molar-refractivity contribution in [1.82, 2.24) is 4.98 Å². The van der Waals surface area contributed by atoms with Crippen LogP contribution in [0.15, 0.2) is 18.2 Å². The Kier molecular flexibility index (Phi) is 5.50. The number of anilines is 1. The van der Waals surface area contributed by atoms with Gasteiger partial charge in [0.15, 0.2) is 0 Å². The number of nitrogens with zero attached hydrogens (tertiary/aromatic N) is 1. The van der Waals surface area contributed by atoms with E-state index in [1.54, 1.807) is 0 Å². The van der Waals surface area contributed by atoms with E-state index in [-0.39, 0.29) is 5.82 Å². The summed E-state index contributed by atoms with van der Waals surface area (Å²) in [5.41, 5.74) is -0.913. The van der Waals surface area contributed by atoms with E-state index in [9.17, 15) is 13.2 Å². The molecule has 0 spiro atoms. The van der Waals surface area contributed by atoms with Gasteiger partial charge in [0, 0.05) is 12.4 Å². The number of rotatable bonds is 6. The van der Waals surface area contributed by atoms with Gasteiger partial charge in [-0.3, -0.25) is 0 Å². The van der Waals surface area contributed by atoms with Crippen LogP contribution >= 0.6 is 11.6 Å². The number of alkyl halides is 4. The van der Waals surface area contributed by atoms with Crippen molar-refractivity contribution in [2.75, 3.05) is 31.0 Å². The molecule has 96 valence electrons. The normalized spacial score (nSPS) is 11.5. The van der Waals surface area contributed by atoms with E-state index in [0.717, 1.165) is 6.07 Å². The predicted molar refractivity (Wildman–Crippen MR) is 59.3 cm³/mol. The molecular weight excluding hydrogens is 257 g/mol. The van der Waals surface area contributed by atoms with E-state index in [1.165, 1.54) is 12.1 Å². The number of hydrogen-bond acceptors (Lipinski definition) is 3. The van der Waals surface area contributed by atoms with Crippen molar-refractivity contribution in [3.63, 3.8) is 0 Å². The van der Waals surface area contributed by atoms with Gasteiger partial charge in [-0.15, -0.1) is 11.6 Å². The van der Waals surface area contributed by atoms with Gasteiger partial charge in [0.05, 0.1) is 13.2 Å². The average Bonchev–Trinajstić information content (AvgIpc) is 2.28. The third kappa shape index (κ3) is 5.23. The van der Waals surface area contributed by atoms with E-state index >= 15 is 0 Å². The Labute approximate surface area is 102 Å². The van der Waals surface area contributed by atoms with Crippen molar-refractivity contribution in [3.05, 3.63) is 23.9 Å². The summed E-state index contributed by atoms with van der Waals surface area (Å²) in [6.07, 6.45) is -4.42. The molecule has 0 aromatic carbocycles. The summed E-state index contributed by atoms with van der Waals surface area (Å²) in [5, 5.41) is 2.74. The minimum Gasteiger partial charge on any atom is -0.378 e. The quantitative estimate of drug-likeness (QED) is 0.636. The molecule has 0 atom stereocenters. The van der Waals surface area contributed by atoms with Crippen LogP contribution < -0.4 is 5.32 Å². The fourth-order valence-corrected chi connectivity index (χ4v) is 1.21. The highest BCUT2D eigenvalue weighted by atomic mass is 35.5. The van der Waals surface area contributed by atoms with Crippen LogP contribution in [-0.4, -0.2) is 30.6 Å². The van der Waals surface area contributed by atoms with Crippen molar-refractivity contribution in [3.8, 4) is 0 Å². The zero-order valence-corrected chi connectivity index (χ0v) is 9.68. The zero-order valence-electron chi connectivity index (χ0n) is 8.93. The fraction of sp³-hybridized carbons (Fsp3) is 0.500. The Hall–Kier alpha value is -1.01. The van der Waals surface area contributed by atoms with Gasteiger partial charge in [0.1, 0.15) is 11.5 Å². The maximum Gasteiger partial charge on any atom is 0.433 e. The van der Waals surface area contributed by atoms with Gasteiger partial charge in [-0.2, -0.15) is 13.2 Å². The second kappa shape index (κ2) is 6.66. The summed E-state index contributed by atoms with van der Waals surface area (Å²) >= 11 is 5.39.